The Hall–Kier alpha value is -2.14. The lowest BCUT2D eigenvalue weighted by atomic mass is 10.1. The highest BCUT2D eigenvalue weighted by Crippen LogP contribution is 2.22. The van der Waals surface area contributed by atoms with Crippen molar-refractivity contribution < 1.29 is 19.0 Å². The molecule has 0 unspecified atom stereocenters. The maximum atomic E-state index is 13.7. The number of aromatic nitrogens is 1. The number of hydrogen-bond donors (Lipinski definition) is 1. The molecule has 106 valence electrons. The van der Waals surface area contributed by atoms with E-state index in [9.17, 15) is 9.50 Å². The Bertz CT molecular complexity index is 587. The third kappa shape index (κ3) is 3.45. The molecule has 1 atom stereocenters. The SMILES string of the molecule is COc1cccc(COc2ccc([C@H](C)O)c(F)c2)n1. The fraction of sp³-hybridized carbons (Fsp3) is 0.267. The molecule has 1 aromatic carbocycles. The number of ether oxygens (including phenoxy) is 2. The maximum Gasteiger partial charge on any atom is 0.213 e. The summed E-state index contributed by atoms with van der Waals surface area (Å²) in [6.45, 7) is 1.73. The lowest BCUT2D eigenvalue weighted by Crippen LogP contribution is -2.01. The van der Waals surface area contributed by atoms with E-state index >= 15 is 0 Å². The molecule has 0 aliphatic rings. The van der Waals surface area contributed by atoms with Gasteiger partial charge in [0, 0.05) is 17.7 Å². The number of nitrogens with zero attached hydrogens (tertiary/aromatic N) is 1. The lowest BCUT2D eigenvalue weighted by molar-refractivity contribution is 0.193. The van der Waals surface area contributed by atoms with E-state index in [1.54, 1.807) is 18.2 Å². The summed E-state index contributed by atoms with van der Waals surface area (Å²) in [5.74, 6) is 0.398. The molecule has 1 aromatic heterocycles. The van der Waals surface area contributed by atoms with Gasteiger partial charge in [-0.25, -0.2) is 9.37 Å². The van der Waals surface area contributed by atoms with Gasteiger partial charge in [-0.1, -0.05) is 6.07 Å². The van der Waals surface area contributed by atoms with Crippen molar-refractivity contribution >= 4 is 0 Å². The Morgan fingerprint density at radius 2 is 2.10 bits per heavy atom. The van der Waals surface area contributed by atoms with Crippen LogP contribution in [-0.4, -0.2) is 17.2 Å². The number of methoxy groups -OCH3 is 1. The fourth-order valence-electron chi connectivity index (χ4n) is 1.75. The predicted molar refractivity (Wildman–Crippen MR) is 72.2 cm³/mol. The molecule has 0 saturated carbocycles. The smallest absolute Gasteiger partial charge is 0.213 e. The Labute approximate surface area is 116 Å². The van der Waals surface area contributed by atoms with Gasteiger partial charge in [-0.15, -0.1) is 0 Å². The molecule has 2 rings (SSSR count). The molecule has 5 heteroatoms. The third-order valence-corrected chi connectivity index (χ3v) is 2.80. The number of benzene rings is 1. The molecule has 1 heterocycles. The highest BCUT2D eigenvalue weighted by molar-refractivity contribution is 5.30. The average molecular weight is 277 g/mol. The van der Waals surface area contributed by atoms with Crippen LogP contribution in [0.3, 0.4) is 0 Å². The summed E-state index contributed by atoms with van der Waals surface area (Å²) in [6, 6.07) is 9.72. The second-order valence-electron chi connectivity index (χ2n) is 4.32. The van der Waals surface area contributed by atoms with Crippen molar-refractivity contribution in [2.24, 2.45) is 0 Å². The Balaban J connectivity index is 2.05. The average Bonchev–Trinajstić information content (AvgIpc) is 2.45. The summed E-state index contributed by atoms with van der Waals surface area (Å²) in [4.78, 5) is 4.19. The van der Waals surface area contributed by atoms with Gasteiger partial charge in [0.15, 0.2) is 0 Å². The number of pyridine rings is 1. The van der Waals surface area contributed by atoms with Crippen LogP contribution in [0.2, 0.25) is 0 Å². The first-order chi connectivity index (χ1) is 9.60. The van der Waals surface area contributed by atoms with E-state index in [1.165, 1.54) is 26.2 Å². The minimum absolute atomic E-state index is 0.213. The first-order valence-corrected chi connectivity index (χ1v) is 6.20. The van der Waals surface area contributed by atoms with Crippen LogP contribution in [0.25, 0.3) is 0 Å². The van der Waals surface area contributed by atoms with Crippen LogP contribution in [0.1, 0.15) is 24.3 Å². The summed E-state index contributed by atoms with van der Waals surface area (Å²) >= 11 is 0. The van der Waals surface area contributed by atoms with E-state index in [0.29, 0.717) is 17.3 Å². The van der Waals surface area contributed by atoms with Gasteiger partial charge in [0.05, 0.1) is 18.9 Å². The Morgan fingerprint density at radius 3 is 2.75 bits per heavy atom. The largest absolute Gasteiger partial charge is 0.487 e. The zero-order valence-corrected chi connectivity index (χ0v) is 11.3. The molecule has 0 aliphatic carbocycles. The monoisotopic (exact) mass is 277 g/mol. The summed E-state index contributed by atoms with van der Waals surface area (Å²) in [7, 11) is 1.54. The van der Waals surface area contributed by atoms with Crippen LogP contribution in [0.15, 0.2) is 36.4 Å². The second kappa shape index (κ2) is 6.34. The highest BCUT2D eigenvalue weighted by Gasteiger charge is 2.09. The third-order valence-electron chi connectivity index (χ3n) is 2.80. The number of rotatable bonds is 5. The number of halogens is 1. The fourth-order valence-corrected chi connectivity index (χ4v) is 1.75. The van der Waals surface area contributed by atoms with Crippen LogP contribution in [0.4, 0.5) is 4.39 Å². The van der Waals surface area contributed by atoms with Gasteiger partial charge in [-0.05, 0) is 25.1 Å². The van der Waals surface area contributed by atoms with Crippen molar-refractivity contribution in [3.05, 3.63) is 53.5 Å². The predicted octanol–water partition coefficient (Wildman–Crippen LogP) is 2.86. The Kier molecular flexibility index (Phi) is 4.53. The van der Waals surface area contributed by atoms with Gasteiger partial charge in [0.2, 0.25) is 5.88 Å². The molecule has 0 spiro atoms. The van der Waals surface area contributed by atoms with E-state index in [4.69, 9.17) is 9.47 Å². The molecule has 0 saturated heterocycles. The van der Waals surface area contributed by atoms with E-state index in [1.807, 2.05) is 6.07 Å². The molecule has 0 fully saturated rings. The lowest BCUT2D eigenvalue weighted by Gasteiger charge is -2.10. The number of aliphatic hydroxyl groups is 1. The molecule has 4 nitrogen and oxygen atoms in total. The van der Waals surface area contributed by atoms with Crippen LogP contribution in [-0.2, 0) is 6.61 Å². The molecule has 20 heavy (non-hydrogen) atoms. The van der Waals surface area contributed by atoms with E-state index in [0.717, 1.165) is 0 Å². The molecule has 1 N–H and O–H groups in total. The molecule has 2 aromatic rings. The molecule has 0 aliphatic heterocycles. The van der Waals surface area contributed by atoms with Gasteiger partial charge < -0.3 is 14.6 Å². The molecule has 0 bridgehead atoms. The highest BCUT2D eigenvalue weighted by atomic mass is 19.1. The van der Waals surface area contributed by atoms with Crippen molar-refractivity contribution in [3.8, 4) is 11.6 Å². The van der Waals surface area contributed by atoms with Gasteiger partial charge >= 0.3 is 0 Å². The summed E-state index contributed by atoms with van der Waals surface area (Å²) < 4.78 is 24.2. The second-order valence-corrected chi connectivity index (χ2v) is 4.32. The standard InChI is InChI=1S/C15H16FNO3/c1-10(18)13-7-6-12(8-14(13)16)20-9-11-4-3-5-15(17-11)19-2/h3-8,10,18H,9H2,1-2H3/t10-/m0/s1. The normalized spacial score (nSPS) is 12.0. The van der Waals surface area contributed by atoms with E-state index in [-0.39, 0.29) is 12.2 Å². The van der Waals surface area contributed by atoms with Gasteiger partial charge in [-0.2, -0.15) is 0 Å². The van der Waals surface area contributed by atoms with Gasteiger partial charge in [0.25, 0.3) is 0 Å². The number of aliphatic hydroxyl groups excluding tert-OH is 1. The van der Waals surface area contributed by atoms with Crippen molar-refractivity contribution in [2.45, 2.75) is 19.6 Å². The van der Waals surface area contributed by atoms with Crippen molar-refractivity contribution in [1.29, 1.82) is 0 Å². The van der Waals surface area contributed by atoms with Crippen LogP contribution < -0.4 is 9.47 Å². The summed E-state index contributed by atoms with van der Waals surface area (Å²) in [5, 5.41) is 9.36. The number of hydrogen-bond acceptors (Lipinski definition) is 4. The molecular formula is C15H16FNO3. The molecular weight excluding hydrogens is 261 g/mol. The quantitative estimate of drug-likeness (QED) is 0.913. The zero-order chi connectivity index (χ0) is 14.5. The van der Waals surface area contributed by atoms with Crippen LogP contribution >= 0.6 is 0 Å². The van der Waals surface area contributed by atoms with Crippen LogP contribution in [0, 0.1) is 5.82 Å². The summed E-state index contributed by atoms with van der Waals surface area (Å²) in [5.41, 5.74) is 0.932. The Morgan fingerprint density at radius 1 is 1.30 bits per heavy atom. The first kappa shape index (κ1) is 14.3. The van der Waals surface area contributed by atoms with E-state index in [2.05, 4.69) is 4.98 Å². The van der Waals surface area contributed by atoms with Crippen molar-refractivity contribution in [3.63, 3.8) is 0 Å². The van der Waals surface area contributed by atoms with Gasteiger partial charge in [0.1, 0.15) is 18.2 Å². The topological polar surface area (TPSA) is 51.6 Å². The van der Waals surface area contributed by atoms with Gasteiger partial charge in [-0.3, -0.25) is 0 Å². The molecule has 0 amide bonds. The minimum Gasteiger partial charge on any atom is -0.487 e. The van der Waals surface area contributed by atoms with E-state index < -0.39 is 11.9 Å². The zero-order valence-electron chi connectivity index (χ0n) is 11.3. The first-order valence-electron chi connectivity index (χ1n) is 6.20. The van der Waals surface area contributed by atoms with Crippen molar-refractivity contribution in [1.82, 2.24) is 4.98 Å². The molecule has 0 radical (unpaired) electrons. The van der Waals surface area contributed by atoms with Crippen LogP contribution in [0.5, 0.6) is 11.6 Å². The minimum atomic E-state index is -0.843. The summed E-state index contributed by atoms with van der Waals surface area (Å²) in [6.07, 6.45) is -0.843. The maximum absolute atomic E-state index is 13.7. The van der Waals surface area contributed by atoms with Crippen molar-refractivity contribution in [2.75, 3.05) is 7.11 Å².